The summed E-state index contributed by atoms with van der Waals surface area (Å²) >= 11 is 1.65. The molecule has 5 nitrogen and oxygen atoms in total. The molecular weight excluding hydrogens is 410 g/mol. The van der Waals surface area contributed by atoms with Gasteiger partial charge in [0.25, 0.3) is 5.91 Å². The van der Waals surface area contributed by atoms with Crippen molar-refractivity contribution < 1.29 is 19.0 Å². The number of carbonyl (C=O) groups excluding carboxylic acids is 1. The van der Waals surface area contributed by atoms with Crippen LogP contribution in [0.5, 0.6) is 17.2 Å². The monoisotopic (exact) mass is 437 g/mol. The highest BCUT2D eigenvalue weighted by molar-refractivity contribution is 7.10. The van der Waals surface area contributed by atoms with E-state index in [1.165, 1.54) is 11.1 Å². The Hall–Kier alpha value is -2.99. The number of carbonyl (C=O) groups is 1. The van der Waals surface area contributed by atoms with Gasteiger partial charge in [-0.15, -0.1) is 11.3 Å². The molecule has 1 amide bonds. The number of hydrogen-bond acceptors (Lipinski definition) is 5. The maximum absolute atomic E-state index is 13.3. The number of nitrogens with zero attached hydrogens (tertiary/aromatic N) is 1. The Kier molecular flexibility index (Phi) is 6.18. The van der Waals surface area contributed by atoms with Gasteiger partial charge in [-0.2, -0.15) is 0 Å². The van der Waals surface area contributed by atoms with Crippen molar-refractivity contribution >= 4 is 17.2 Å². The molecule has 1 unspecified atom stereocenters. The maximum Gasteiger partial charge on any atom is 0.261 e. The van der Waals surface area contributed by atoms with E-state index < -0.39 is 0 Å². The van der Waals surface area contributed by atoms with Crippen molar-refractivity contribution in [3.05, 3.63) is 75.0 Å². The lowest BCUT2D eigenvalue weighted by Gasteiger charge is -2.37. The molecule has 0 saturated carbocycles. The Labute approximate surface area is 187 Å². The summed E-state index contributed by atoms with van der Waals surface area (Å²) in [6.07, 6.45) is 0.757. The van der Waals surface area contributed by atoms with E-state index in [1.54, 1.807) is 25.6 Å². The summed E-state index contributed by atoms with van der Waals surface area (Å²) in [4.78, 5) is 16.3. The predicted molar refractivity (Wildman–Crippen MR) is 123 cm³/mol. The van der Waals surface area contributed by atoms with Crippen LogP contribution in [0.4, 0.5) is 0 Å². The number of aryl methyl sites for hydroxylation is 2. The standard InChI is InChI=1S/C25H27NO4S/c1-16-7-8-19(12-17(16)2)30-15-24(27)26-10-9-18-13-21(28-3)22(29-4)14-20(18)25(26)23-6-5-11-31-23/h5-8,11-14,25H,9-10,15H2,1-4H3. The molecule has 6 heteroatoms. The molecule has 1 aromatic heterocycles. The summed E-state index contributed by atoms with van der Waals surface area (Å²) in [6.45, 7) is 4.73. The van der Waals surface area contributed by atoms with Crippen LogP contribution in [-0.2, 0) is 11.2 Å². The van der Waals surface area contributed by atoms with Crippen LogP contribution in [0.2, 0.25) is 0 Å². The van der Waals surface area contributed by atoms with Crippen LogP contribution < -0.4 is 14.2 Å². The Morgan fingerprint density at radius 3 is 2.52 bits per heavy atom. The van der Waals surface area contributed by atoms with Gasteiger partial charge in [0.1, 0.15) is 5.75 Å². The van der Waals surface area contributed by atoms with Crippen LogP contribution >= 0.6 is 11.3 Å². The smallest absolute Gasteiger partial charge is 0.261 e. The molecule has 1 atom stereocenters. The van der Waals surface area contributed by atoms with Crippen LogP contribution in [0.25, 0.3) is 0 Å². The van der Waals surface area contributed by atoms with Crippen LogP contribution in [0.3, 0.4) is 0 Å². The van der Waals surface area contributed by atoms with Crippen LogP contribution in [0.1, 0.15) is 33.2 Å². The van der Waals surface area contributed by atoms with Gasteiger partial charge in [0, 0.05) is 11.4 Å². The SMILES string of the molecule is COc1cc2c(cc1OC)C(c1cccs1)N(C(=O)COc1ccc(C)c(C)c1)CC2. The molecule has 2 heterocycles. The number of ether oxygens (including phenoxy) is 3. The first-order chi connectivity index (χ1) is 15.0. The molecule has 0 fully saturated rings. The average molecular weight is 438 g/mol. The second-order valence-corrected chi connectivity index (χ2v) is 8.68. The Balaban J connectivity index is 1.63. The zero-order valence-corrected chi connectivity index (χ0v) is 19.1. The van der Waals surface area contributed by atoms with E-state index in [-0.39, 0.29) is 18.6 Å². The maximum atomic E-state index is 13.3. The number of hydrogen-bond donors (Lipinski definition) is 0. The molecule has 0 saturated heterocycles. The molecular formula is C25H27NO4S. The first kappa shape index (κ1) is 21.2. The van der Waals surface area contributed by atoms with E-state index in [4.69, 9.17) is 14.2 Å². The molecule has 31 heavy (non-hydrogen) atoms. The van der Waals surface area contributed by atoms with Crippen molar-refractivity contribution in [2.75, 3.05) is 27.4 Å². The quantitative estimate of drug-likeness (QED) is 0.548. The lowest BCUT2D eigenvalue weighted by atomic mass is 9.90. The fourth-order valence-corrected chi connectivity index (χ4v) is 4.85. The number of fused-ring (bicyclic) bond motifs is 1. The minimum atomic E-state index is -0.167. The lowest BCUT2D eigenvalue weighted by Crippen LogP contribution is -2.42. The number of methoxy groups -OCH3 is 2. The van der Waals surface area contributed by atoms with Gasteiger partial charge in [0.05, 0.1) is 20.3 Å². The summed E-state index contributed by atoms with van der Waals surface area (Å²) in [5, 5.41) is 2.04. The van der Waals surface area contributed by atoms with Crippen molar-refractivity contribution in [3.8, 4) is 17.2 Å². The molecule has 0 radical (unpaired) electrons. The normalized spacial score (nSPS) is 15.4. The number of thiophene rings is 1. The van der Waals surface area contributed by atoms with Crippen LogP contribution in [0.15, 0.2) is 47.8 Å². The van der Waals surface area contributed by atoms with Gasteiger partial charge in [-0.1, -0.05) is 12.1 Å². The summed E-state index contributed by atoms with van der Waals surface area (Å²) in [6, 6.07) is 13.9. The Morgan fingerprint density at radius 2 is 1.84 bits per heavy atom. The minimum Gasteiger partial charge on any atom is -0.493 e. The molecule has 2 aromatic carbocycles. The van der Waals surface area contributed by atoms with Crippen molar-refractivity contribution in [2.45, 2.75) is 26.3 Å². The second-order valence-electron chi connectivity index (χ2n) is 7.70. The first-order valence-electron chi connectivity index (χ1n) is 10.3. The van der Waals surface area contributed by atoms with Gasteiger partial charge >= 0.3 is 0 Å². The van der Waals surface area contributed by atoms with Crippen molar-refractivity contribution in [3.63, 3.8) is 0 Å². The Bertz CT molecular complexity index is 1080. The predicted octanol–water partition coefficient (Wildman–Crippen LogP) is 4.94. The van der Waals surface area contributed by atoms with Gasteiger partial charge in [-0.25, -0.2) is 0 Å². The molecule has 162 valence electrons. The van der Waals surface area contributed by atoms with Crippen molar-refractivity contribution in [1.82, 2.24) is 4.90 Å². The zero-order valence-electron chi connectivity index (χ0n) is 18.3. The third-order valence-corrected chi connectivity index (χ3v) is 6.77. The molecule has 1 aliphatic heterocycles. The summed E-state index contributed by atoms with van der Waals surface area (Å²) in [5.74, 6) is 2.07. The highest BCUT2D eigenvalue weighted by atomic mass is 32.1. The van der Waals surface area contributed by atoms with E-state index >= 15 is 0 Å². The first-order valence-corrected chi connectivity index (χ1v) is 11.2. The largest absolute Gasteiger partial charge is 0.493 e. The highest BCUT2D eigenvalue weighted by Crippen LogP contribution is 2.42. The van der Waals surface area contributed by atoms with E-state index in [2.05, 4.69) is 13.0 Å². The van der Waals surface area contributed by atoms with Crippen molar-refractivity contribution in [2.24, 2.45) is 0 Å². The molecule has 0 N–H and O–H groups in total. The molecule has 3 aromatic rings. The molecule has 0 spiro atoms. The van der Waals surface area contributed by atoms with Gasteiger partial charge in [-0.05, 0) is 78.2 Å². The average Bonchev–Trinajstić information content (AvgIpc) is 3.32. The number of rotatable bonds is 6. The summed E-state index contributed by atoms with van der Waals surface area (Å²) in [5.41, 5.74) is 4.60. The summed E-state index contributed by atoms with van der Waals surface area (Å²) < 4.78 is 16.9. The summed E-state index contributed by atoms with van der Waals surface area (Å²) in [7, 11) is 3.28. The Morgan fingerprint density at radius 1 is 1.06 bits per heavy atom. The lowest BCUT2D eigenvalue weighted by molar-refractivity contribution is -0.135. The molecule has 4 rings (SSSR count). The molecule has 0 aliphatic carbocycles. The van der Waals surface area contributed by atoms with Gasteiger partial charge in [0.2, 0.25) is 0 Å². The topological polar surface area (TPSA) is 48.0 Å². The van der Waals surface area contributed by atoms with Gasteiger partial charge in [-0.3, -0.25) is 4.79 Å². The second kappa shape index (κ2) is 9.02. The van der Waals surface area contributed by atoms with Crippen LogP contribution in [0, 0.1) is 13.8 Å². The van der Waals surface area contributed by atoms with Gasteiger partial charge < -0.3 is 19.1 Å². The van der Waals surface area contributed by atoms with E-state index in [1.807, 2.05) is 53.6 Å². The van der Waals surface area contributed by atoms with E-state index in [9.17, 15) is 4.79 Å². The third kappa shape index (κ3) is 4.26. The molecule has 0 bridgehead atoms. The van der Waals surface area contributed by atoms with E-state index in [0.29, 0.717) is 23.8 Å². The van der Waals surface area contributed by atoms with Crippen molar-refractivity contribution in [1.29, 1.82) is 0 Å². The molecule has 1 aliphatic rings. The number of benzene rings is 2. The highest BCUT2D eigenvalue weighted by Gasteiger charge is 2.34. The minimum absolute atomic E-state index is 0.00694. The van der Waals surface area contributed by atoms with Crippen LogP contribution in [-0.4, -0.2) is 38.2 Å². The third-order valence-electron chi connectivity index (χ3n) is 5.85. The van der Waals surface area contributed by atoms with E-state index in [0.717, 1.165) is 22.4 Å². The number of amides is 1. The van der Waals surface area contributed by atoms with Gasteiger partial charge in [0.15, 0.2) is 18.1 Å². The fourth-order valence-electron chi connectivity index (χ4n) is 4.00. The fraction of sp³-hybridized carbons (Fsp3) is 0.320. The zero-order chi connectivity index (χ0) is 22.0.